The third kappa shape index (κ3) is 3.56. The zero-order chi connectivity index (χ0) is 18.7. The first-order valence-corrected chi connectivity index (χ1v) is 9.81. The molecule has 26 heavy (non-hydrogen) atoms. The van der Waals surface area contributed by atoms with Crippen molar-refractivity contribution >= 4 is 10.0 Å². The molecule has 0 saturated carbocycles. The van der Waals surface area contributed by atoms with Gasteiger partial charge in [-0.2, -0.15) is 4.31 Å². The van der Waals surface area contributed by atoms with Crippen LogP contribution in [0.25, 0.3) is 0 Å². The van der Waals surface area contributed by atoms with Crippen LogP contribution in [-0.2, 0) is 14.8 Å². The summed E-state index contributed by atoms with van der Waals surface area (Å²) >= 11 is 0. The Hall–Kier alpha value is -2.09. The van der Waals surface area contributed by atoms with E-state index in [4.69, 9.17) is 14.2 Å². The highest BCUT2D eigenvalue weighted by Gasteiger charge is 2.37. The van der Waals surface area contributed by atoms with Gasteiger partial charge in [0.25, 0.3) is 0 Å². The number of ether oxygens (including phenoxy) is 3. The Bertz CT molecular complexity index is 853. The van der Waals surface area contributed by atoms with Gasteiger partial charge in [0.2, 0.25) is 10.0 Å². The molecule has 0 spiro atoms. The Morgan fingerprint density at radius 2 is 1.81 bits per heavy atom. The molecule has 0 aliphatic carbocycles. The van der Waals surface area contributed by atoms with Crippen LogP contribution in [0.3, 0.4) is 0 Å². The minimum absolute atomic E-state index is 0.126. The maximum Gasteiger partial charge on any atom is 0.247 e. The molecule has 0 bridgehead atoms. The van der Waals surface area contributed by atoms with E-state index < -0.39 is 10.0 Å². The Labute approximate surface area is 154 Å². The zero-order valence-corrected chi connectivity index (χ0v) is 15.9. The van der Waals surface area contributed by atoms with E-state index in [1.54, 1.807) is 12.1 Å². The molecule has 2 unspecified atom stereocenters. The van der Waals surface area contributed by atoms with Gasteiger partial charge in [0.1, 0.15) is 16.4 Å². The van der Waals surface area contributed by atoms with E-state index in [2.05, 4.69) is 0 Å². The molecular weight excluding hydrogens is 354 g/mol. The summed E-state index contributed by atoms with van der Waals surface area (Å²) in [6.45, 7) is 2.43. The molecule has 2 aromatic rings. The third-order valence-electron chi connectivity index (χ3n) is 4.50. The van der Waals surface area contributed by atoms with Crippen molar-refractivity contribution in [2.75, 3.05) is 27.4 Å². The van der Waals surface area contributed by atoms with Gasteiger partial charge < -0.3 is 14.2 Å². The quantitative estimate of drug-likeness (QED) is 0.802. The van der Waals surface area contributed by atoms with Crippen molar-refractivity contribution < 1.29 is 22.6 Å². The van der Waals surface area contributed by atoms with Crippen molar-refractivity contribution in [1.82, 2.24) is 4.31 Å². The molecular formula is C19H23NO5S. The van der Waals surface area contributed by atoms with Crippen LogP contribution in [0, 0.1) is 0 Å². The number of nitrogens with zero attached hydrogens (tertiary/aromatic N) is 1. The lowest BCUT2D eigenvalue weighted by Gasteiger charge is -2.37. The lowest BCUT2D eigenvalue weighted by atomic mass is 10.1. The summed E-state index contributed by atoms with van der Waals surface area (Å²) in [5.74, 6) is 0.803. The van der Waals surface area contributed by atoms with E-state index in [0.717, 1.165) is 5.56 Å². The number of rotatable bonds is 5. The van der Waals surface area contributed by atoms with Crippen LogP contribution in [-0.4, -0.2) is 46.1 Å². The van der Waals surface area contributed by atoms with Gasteiger partial charge in [-0.05, 0) is 24.6 Å². The molecule has 1 heterocycles. The average molecular weight is 377 g/mol. The van der Waals surface area contributed by atoms with E-state index in [9.17, 15) is 8.42 Å². The normalized spacial score (nSPS) is 21.3. The van der Waals surface area contributed by atoms with Crippen LogP contribution in [0.5, 0.6) is 11.5 Å². The van der Waals surface area contributed by atoms with Crippen molar-refractivity contribution in [3.63, 3.8) is 0 Å². The van der Waals surface area contributed by atoms with E-state index in [-0.39, 0.29) is 29.3 Å². The molecule has 1 saturated heterocycles. The molecule has 6 nitrogen and oxygen atoms in total. The average Bonchev–Trinajstić information content (AvgIpc) is 2.68. The topological polar surface area (TPSA) is 65.1 Å². The van der Waals surface area contributed by atoms with Gasteiger partial charge in [0.15, 0.2) is 0 Å². The summed E-state index contributed by atoms with van der Waals surface area (Å²) in [4.78, 5) is 0.126. The molecule has 2 atom stereocenters. The highest BCUT2D eigenvalue weighted by Crippen LogP contribution is 2.34. The summed E-state index contributed by atoms with van der Waals surface area (Å²) in [5.41, 5.74) is 0.960. The van der Waals surface area contributed by atoms with E-state index >= 15 is 0 Å². The third-order valence-corrected chi connectivity index (χ3v) is 6.52. The minimum atomic E-state index is -3.75. The number of benzene rings is 2. The predicted octanol–water partition coefficient (Wildman–Crippen LogP) is 2.85. The fourth-order valence-corrected chi connectivity index (χ4v) is 4.81. The van der Waals surface area contributed by atoms with Gasteiger partial charge in [0, 0.05) is 18.7 Å². The van der Waals surface area contributed by atoms with Crippen molar-refractivity contribution in [1.29, 1.82) is 0 Å². The first kappa shape index (κ1) is 18.7. The Morgan fingerprint density at radius 1 is 1.08 bits per heavy atom. The molecule has 0 aromatic heterocycles. The van der Waals surface area contributed by atoms with Crippen LogP contribution in [0.2, 0.25) is 0 Å². The molecule has 140 valence electrons. The predicted molar refractivity (Wildman–Crippen MR) is 98.0 cm³/mol. The molecule has 0 radical (unpaired) electrons. The first-order chi connectivity index (χ1) is 12.5. The van der Waals surface area contributed by atoms with E-state index in [1.807, 2.05) is 37.3 Å². The number of morpholine rings is 1. The molecule has 0 amide bonds. The summed E-state index contributed by atoms with van der Waals surface area (Å²) in [6.07, 6.45) is -0.300. The Balaban J connectivity index is 1.95. The maximum atomic E-state index is 13.3. The van der Waals surface area contributed by atoms with Crippen LogP contribution in [0.15, 0.2) is 53.4 Å². The summed E-state index contributed by atoms with van der Waals surface area (Å²) in [5, 5.41) is 0. The summed E-state index contributed by atoms with van der Waals surface area (Å²) < 4.78 is 44.4. The van der Waals surface area contributed by atoms with Crippen LogP contribution < -0.4 is 9.47 Å². The lowest BCUT2D eigenvalue weighted by Crippen LogP contribution is -2.48. The molecule has 1 aliphatic heterocycles. The fraction of sp³-hybridized carbons (Fsp3) is 0.368. The number of methoxy groups -OCH3 is 2. The fourth-order valence-electron chi connectivity index (χ4n) is 3.05. The minimum Gasteiger partial charge on any atom is -0.497 e. The van der Waals surface area contributed by atoms with Crippen molar-refractivity contribution in [2.45, 2.75) is 24.0 Å². The SMILES string of the molecule is COc1ccc(S(=O)(=O)N2CC(c3ccccc3)OCC2C)c(OC)c1. The highest BCUT2D eigenvalue weighted by atomic mass is 32.2. The van der Waals surface area contributed by atoms with Crippen LogP contribution >= 0.6 is 0 Å². The first-order valence-electron chi connectivity index (χ1n) is 8.37. The number of sulfonamides is 1. The second kappa shape index (κ2) is 7.65. The van der Waals surface area contributed by atoms with Crippen LogP contribution in [0.4, 0.5) is 0 Å². The molecule has 2 aromatic carbocycles. The molecule has 1 fully saturated rings. The van der Waals surface area contributed by atoms with Gasteiger partial charge in [-0.3, -0.25) is 0 Å². The zero-order valence-electron chi connectivity index (χ0n) is 15.1. The lowest BCUT2D eigenvalue weighted by molar-refractivity contribution is -0.0288. The highest BCUT2D eigenvalue weighted by molar-refractivity contribution is 7.89. The summed E-state index contributed by atoms with van der Waals surface area (Å²) in [7, 11) is -0.774. The summed E-state index contributed by atoms with van der Waals surface area (Å²) in [6, 6.07) is 14.1. The number of hydrogen-bond acceptors (Lipinski definition) is 5. The van der Waals surface area contributed by atoms with Gasteiger partial charge in [0.05, 0.1) is 26.9 Å². The second-order valence-electron chi connectivity index (χ2n) is 6.17. The standard InChI is InChI=1S/C19H23NO5S/c1-14-13-25-18(15-7-5-4-6-8-15)12-20(14)26(21,22)19-10-9-16(23-2)11-17(19)24-3/h4-11,14,18H,12-13H2,1-3H3. The molecule has 3 rings (SSSR count). The van der Waals surface area contributed by atoms with Crippen molar-refractivity contribution in [2.24, 2.45) is 0 Å². The van der Waals surface area contributed by atoms with E-state index in [0.29, 0.717) is 12.4 Å². The Kier molecular flexibility index (Phi) is 5.50. The van der Waals surface area contributed by atoms with Gasteiger partial charge in [-0.1, -0.05) is 30.3 Å². The van der Waals surface area contributed by atoms with Gasteiger partial charge >= 0.3 is 0 Å². The largest absolute Gasteiger partial charge is 0.497 e. The van der Waals surface area contributed by atoms with Gasteiger partial charge in [-0.25, -0.2) is 8.42 Å². The smallest absolute Gasteiger partial charge is 0.247 e. The van der Waals surface area contributed by atoms with E-state index in [1.165, 1.54) is 24.6 Å². The molecule has 0 N–H and O–H groups in total. The van der Waals surface area contributed by atoms with Crippen LogP contribution in [0.1, 0.15) is 18.6 Å². The number of hydrogen-bond donors (Lipinski definition) is 0. The maximum absolute atomic E-state index is 13.3. The van der Waals surface area contributed by atoms with Crippen molar-refractivity contribution in [3.05, 3.63) is 54.1 Å². The molecule has 7 heteroatoms. The second-order valence-corrected chi connectivity index (χ2v) is 8.03. The van der Waals surface area contributed by atoms with Crippen molar-refractivity contribution in [3.8, 4) is 11.5 Å². The Morgan fingerprint density at radius 3 is 2.46 bits per heavy atom. The monoisotopic (exact) mass is 377 g/mol. The molecule has 1 aliphatic rings. The van der Waals surface area contributed by atoms with Gasteiger partial charge in [-0.15, -0.1) is 0 Å².